The Hall–Kier alpha value is -5.09. The second-order valence-corrected chi connectivity index (χ2v) is 17.5. The summed E-state index contributed by atoms with van der Waals surface area (Å²) in [7, 11) is 27.8. The molecule has 2 fully saturated rings. The number of pyridine rings is 2. The van der Waals surface area contributed by atoms with Crippen molar-refractivity contribution in [2.45, 2.75) is 66.5 Å². The van der Waals surface area contributed by atoms with Crippen LogP contribution in [0.1, 0.15) is 60.9 Å². The van der Waals surface area contributed by atoms with E-state index in [9.17, 15) is 17.6 Å². The Bertz CT molecular complexity index is 2710. The van der Waals surface area contributed by atoms with Gasteiger partial charge in [0.1, 0.15) is 28.2 Å². The molecule has 8 heterocycles. The second kappa shape index (κ2) is 26.2. The summed E-state index contributed by atoms with van der Waals surface area (Å²) in [5.41, 5.74) is 5.92. The SMILES string of the molecule is Cc1nn(C)c(C)c1-c1nc(-c2ccnc(C(F)F)c2)cc(N2CCOC[C@H]2C)n1.Cc1nn(C)c(C)c1-c1nc(Cl)cc(N2CCOC[C@H]2C)n1.OB(O)c1ccnc(C(F)F)c1.[B]B([B])B([B])B([B])[B]. The fourth-order valence-electron chi connectivity index (χ4n) is 7.56. The Morgan fingerprint density at radius 2 is 1.12 bits per heavy atom. The number of nitrogens with zero attached hydrogens (tertiary/aromatic N) is 12. The van der Waals surface area contributed by atoms with Crippen LogP contribution in [0.5, 0.6) is 0 Å². The summed E-state index contributed by atoms with van der Waals surface area (Å²) in [4.78, 5) is 30.2. The van der Waals surface area contributed by atoms with E-state index in [0.717, 1.165) is 64.3 Å². The molecule has 2 aliphatic rings. The normalized spacial score (nSPS) is 15.5. The third kappa shape index (κ3) is 15.0. The van der Waals surface area contributed by atoms with Crippen molar-refractivity contribution in [3.05, 3.63) is 88.1 Å². The number of morpholine rings is 2. The monoisotopic (exact) mass is 996 g/mol. The molecule has 0 saturated carbocycles. The highest BCUT2D eigenvalue weighted by Crippen LogP contribution is 2.32. The Labute approximate surface area is 430 Å². The van der Waals surface area contributed by atoms with Gasteiger partial charge in [0.25, 0.3) is 12.9 Å². The van der Waals surface area contributed by atoms with Gasteiger partial charge in [-0.25, -0.2) is 37.5 Å². The lowest BCUT2D eigenvalue weighted by atomic mass is 8.68. The Balaban J connectivity index is 0.000000200. The van der Waals surface area contributed by atoms with E-state index in [2.05, 4.69) is 48.8 Å². The molecule has 30 heteroatoms. The van der Waals surface area contributed by atoms with E-state index in [-0.39, 0.29) is 23.2 Å². The van der Waals surface area contributed by atoms with Gasteiger partial charge in [-0.2, -0.15) is 10.2 Å². The molecule has 8 rings (SSSR count). The van der Waals surface area contributed by atoms with Crippen molar-refractivity contribution in [1.82, 2.24) is 49.5 Å². The van der Waals surface area contributed by atoms with Crippen LogP contribution in [0, 0.1) is 27.7 Å². The Kier molecular flexibility index (Phi) is 21.1. The van der Waals surface area contributed by atoms with Gasteiger partial charge in [-0.1, -0.05) is 11.6 Å². The van der Waals surface area contributed by atoms with Gasteiger partial charge in [0.2, 0.25) is 0 Å². The van der Waals surface area contributed by atoms with Crippen LogP contribution in [-0.4, -0.2) is 176 Å². The average molecular weight is 996 g/mol. The van der Waals surface area contributed by atoms with Crippen LogP contribution in [-0.2, 0) is 23.6 Å². The molecule has 0 aromatic carbocycles. The minimum absolute atomic E-state index is 0.0142. The maximum absolute atomic E-state index is 13.2. The highest BCUT2D eigenvalue weighted by Gasteiger charge is 2.26. The number of ether oxygens (including phenoxy) is 2. The molecule has 6 aromatic rings. The van der Waals surface area contributed by atoms with Crippen LogP contribution in [0.4, 0.5) is 29.2 Å². The molecular formula is C42H50B9ClF4N12O4. The zero-order valence-corrected chi connectivity index (χ0v) is 42.1. The predicted molar refractivity (Wildman–Crippen MR) is 281 cm³/mol. The highest BCUT2D eigenvalue weighted by molar-refractivity contribution is 7.89. The number of hydrogen-bond donors (Lipinski definition) is 2. The number of anilines is 2. The van der Waals surface area contributed by atoms with Gasteiger partial charge in [-0.05, 0) is 71.3 Å². The molecule has 0 aliphatic carbocycles. The number of rotatable bonds is 10. The maximum atomic E-state index is 13.2. The van der Waals surface area contributed by atoms with Gasteiger partial charge in [0.15, 0.2) is 11.6 Å². The molecule has 0 spiro atoms. The molecule has 16 nitrogen and oxygen atoms in total. The minimum atomic E-state index is -2.69. The summed E-state index contributed by atoms with van der Waals surface area (Å²) in [5, 5.41) is 26.6. The van der Waals surface area contributed by atoms with Crippen molar-refractivity contribution in [2.24, 2.45) is 14.1 Å². The predicted octanol–water partition coefficient (Wildman–Crippen LogP) is 2.74. The first kappa shape index (κ1) is 57.8. The lowest BCUT2D eigenvalue weighted by molar-refractivity contribution is 0.0985. The average Bonchev–Trinajstić information content (AvgIpc) is 3.76. The lowest BCUT2D eigenvalue weighted by Gasteiger charge is -2.34. The van der Waals surface area contributed by atoms with Crippen LogP contribution in [0.25, 0.3) is 34.0 Å². The first-order valence-corrected chi connectivity index (χ1v) is 23.1. The summed E-state index contributed by atoms with van der Waals surface area (Å²) in [6.45, 7) is 16.1. The summed E-state index contributed by atoms with van der Waals surface area (Å²) >= 11 is 6.24. The molecule has 2 aliphatic heterocycles. The molecule has 0 unspecified atom stereocenters. The van der Waals surface area contributed by atoms with Gasteiger partial charge < -0.3 is 29.3 Å². The van der Waals surface area contributed by atoms with Crippen molar-refractivity contribution in [1.29, 1.82) is 0 Å². The third-order valence-electron chi connectivity index (χ3n) is 11.7. The molecule has 364 valence electrons. The van der Waals surface area contributed by atoms with Crippen molar-refractivity contribution in [2.75, 3.05) is 49.3 Å². The molecule has 2 saturated heterocycles. The molecule has 2 atom stereocenters. The molecular weight excluding hydrogens is 945 g/mol. The summed E-state index contributed by atoms with van der Waals surface area (Å²) < 4.78 is 65.1. The van der Waals surface area contributed by atoms with Gasteiger partial charge in [-0.3, -0.25) is 19.3 Å². The fraction of sp³-hybridized carbons (Fsp3) is 0.429. The van der Waals surface area contributed by atoms with Crippen molar-refractivity contribution >= 4 is 93.7 Å². The van der Waals surface area contributed by atoms with E-state index in [4.69, 9.17) is 84.8 Å². The van der Waals surface area contributed by atoms with Crippen LogP contribution in [0.3, 0.4) is 0 Å². The fourth-order valence-corrected chi connectivity index (χ4v) is 7.74. The third-order valence-corrected chi connectivity index (χ3v) is 11.9. The Morgan fingerprint density at radius 1 is 0.667 bits per heavy atom. The smallest absolute Gasteiger partial charge is 0.423 e. The number of aryl methyl sites for hydroxylation is 4. The van der Waals surface area contributed by atoms with Crippen molar-refractivity contribution < 1.29 is 37.1 Å². The van der Waals surface area contributed by atoms with E-state index in [0.29, 0.717) is 61.0 Å². The Morgan fingerprint density at radius 3 is 1.54 bits per heavy atom. The van der Waals surface area contributed by atoms with Gasteiger partial charge in [0.05, 0.1) is 66.7 Å². The van der Waals surface area contributed by atoms with E-state index in [1.807, 2.05) is 58.6 Å². The van der Waals surface area contributed by atoms with Crippen molar-refractivity contribution in [3.8, 4) is 34.0 Å². The van der Waals surface area contributed by atoms with Crippen molar-refractivity contribution in [3.63, 3.8) is 0 Å². The van der Waals surface area contributed by atoms with E-state index in [1.54, 1.807) is 10.7 Å². The zero-order chi connectivity index (χ0) is 53.1. The summed E-state index contributed by atoms with van der Waals surface area (Å²) in [6, 6.07) is 9.35. The van der Waals surface area contributed by atoms with Crippen LogP contribution >= 0.6 is 11.6 Å². The van der Waals surface area contributed by atoms with Gasteiger partial charge in [-0.15, -0.1) is 0 Å². The van der Waals surface area contributed by atoms with Crippen LogP contribution in [0.15, 0.2) is 48.8 Å². The topological polar surface area (TPSA) is 178 Å². The number of halogens is 5. The highest BCUT2D eigenvalue weighted by atomic mass is 35.5. The second-order valence-electron chi connectivity index (χ2n) is 17.1. The van der Waals surface area contributed by atoms with Crippen LogP contribution < -0.4 is 15.3 Å². The summed E-state index contributed by atoms with van der Waals surface area (Å²) in [5.74, 6) is 2.74. The molecule has 6 aromatic heterocycles. The zero-order valence-electron chi connectivity index (χ0n) is 41.3. The summed E-state index contributed by atoms with van der Waals surface area (Å²) in [6.07, 6.45) is -4.62. The van der Waals surface area contributed by atoms with E-state index < -0.39 is 44.8 Å². The molecule has 10 radical (unpaired) electrons. The molecule has 72 heavy (non-hydrogen) atoms. The minimum Gasteiger partial charge on any atom is -0.423 e. The van der Waals surface area contributed by atoms with Gasteiger partial charge >= 0.3 is 7.12 Å². The molecule has 2 N–H and O–H groups in total. The first-order chi connectivity index (χ1) is 34.0. The number of alkyl halides is 4. The van der Waals surface area contributed by atoms with E-state index >= 15 is 0 Å². The molecule has 0 bridgehead atoms. The maximum Gasteiger partial charge on any atom is 0.488 e. The largest absolute Gasteiger partial charge is 0.488 e. The first-order valence-electron chi connectivity index (χ1n) is 22.7. The van der Waals surface area contributed by atoms with Gasteiger partial charge in [0, 0.05) is 127 Å². The lowest BCUT2D eigenvalue weighted by Crippen LogP contribution is -2.52. The number of hydrogen-bond acceptors (Lipinski definition) is 14. The number of aromatic nitrogens is 10. The van der Waals surface area contributed by atoms with E-state index in [1.165, 1.54) is 18.3 Å². The molecule has 0 amide bonds. The van der Waals surface area contributed by atoms with Crippen LogP contribution in [0.2, 0.25) is 5.15 Å². The standard InChI is InChI=1S/C21H24F2N6O.C15H20ClN5O.C6H6BF2NO2.B8/c1-12-11-30-8-7-29(12)18-10-16(15-5-6-24-17(9-15)20(22)23)25-21(26-18)19-13(2)27-28(4)14(19)3;1-9-8-22-6-5-21(9)13-7-12(16)17-15(18-13)14-10(2)19-20(4)11(14)3;8-6(9)5-3-4(7(11)12)1-2-10-5;1-6(2)8(5)7(3)4/h5-6,9-10,12,20H,7-8,11H2,1-4H3;7,9H,5-6,8H2,1-4H3;1-3,6,11-12H;/t12-;9-;;/m11../s1. The quantitative estimate of drug-likeness (QED) is 0.116.